The zero-order valence-corrected chi connectivity index (χ0v) is 15.3. The third-order valence-corrected chi connectivity index (χ3v) is 3.91. The summed E-state index contributed by atoms with van der Waals surface area (Å²) in [6.45, 7) is 2.45. The molecule has 1 N–H and O–H groups in total. The van der Waals surface area contributed by atoms with E-state index in [1.54, 1.807) is 31.4 Å². The number of benzene rings is 2. The Morgan fingerprint density at radius 2 is 1.85 bits per heavy atom. The van der Waals surface area contributed by atoms with Crippen LogP contribution in [0.1, 0.15) is 42.1 Å². The van der Waals surface area contributed by atoms with Crippen LogP contribution in [0.15, 0.2) is 48.5 Å². The minimum absolute atomic E-state index is 0.0997. The average Bonchev–Trinajstić information content (AvgIpc) is 2.67. The van der Waals surface area contributed by atoms with Gasteiger partial charge in [-0.15, -0.1) is 0 Å². The predicted octanol–water partition coefficient (Wildman–Crippen LogP) is 4.22. The van der Waals surface area contributed by atoms with E-state index in [1.165, 1.54) is 0 Å². The first-order valence-corrected chi connectivity index (χ1v) is 8.82. The lowest BCUT2D eigenvalue weighted by atomic mass is 10.1. The van der Waals surface area contributed by atoms with Gasteiger partial charge in [0, 0.05) is 12.1 Å². The zero-order chi connectivity index (χ0) is 18.8. The number of carbonyl (C=O) groups is 2. The quantitative estimate of drug-likeness (QED) is 0.540. The van der Waals surface area contributed by atoms with Crippen LogP contribution in [0.3, 0.4) is 0 Å². The zero-order valence-electron chi connectivity index (χ0n) is 15.3. The number of esters is 1. The molecule has 2 rings (SSSR count). The Labute approximate surface area is 154 Å². The standard InChI is InChI=1S/C21H25NO4/c1-3-4-14-26-21(24)17-6-5-7-18(15-17)22-20(23)13-10-16-8-11-19(25-2)12-9-16/h5-9,11-12,15H,3-4,10,13-14H2,1-2H3,(H,22,23). The summed E-state index contributed by atoms with van der Waals surface area (Å²) in [4.78, 5) is 24.1. The first kappa shape index (κ1) is 19.5. The summed E-state index contributed by atoms with van der Waals surface area (Å²) in [5.41, 5.74) is 2.10. The van der Waals surface area contributed by atoms with E-state index in [0.717, 1.165) is 24.2 Å². The van der Waals surface area contributed by atoms with E-state index in [-0.39, 0.29) is 11.9 Å². The third kappa shape index (κ3) is 6.24. The maximum Gasteiger partial charge on any atom is 0.338 e. The first-order chi connectivity index (χ1) is 12.6. The van der Waals surface area contributed by atoms with Crippen molar-refractivity contribution in [3.8, 4) is 5.75 Å². The molecule has 1 amide bonds. The predicted molar refractivity (Wildman–Crippen MR) is 102 cm³/mol. The van der Waals surface area contributed by atoms with Crippen LogP contribution < -0.4 is 10.1 Å². The molecule has 2 aromatic carbocycles. The van der Waals surface area contributed by atoms with E-state index >= 15 is 0 Å². The molecule has 0 saturated carbocycles. The molecular weight excluding hydrogens is 330 g/mol. The second kappa shape index (κ2) is 10.2. The number of hydrogen-bond acceptors (Lipinski definition) is 4. The molecular formula is C21H25NO4. The molecule has 0 spiro atoms. The van der Waals surface area contributed by atoms with Gasteiger partial charge >= 0.3 is 5.97 Å². The molecule has 0 aliphatic rings. The average molecular weight is 355 g/mol. The topological polar surface area (TPSA) is 64.6 Å². The van der Waals surface area contributed by atoms with Crippen molar-refractivity contribution in [3.05, 3.63) is 59.7 Å². The van der Waals surface area contributed by atoms with Crippen molar-refractivity contribution in [2.75, 3.05) is 19.0 Å². The molecule has 5 heteroatoms. The Morgan fingerprint density at radius 3 is 2.54 bits per heavy atom. The van der Waals surface area contributed by atoms with Gasteiger partial charge in [0.25, 0.3) is 0 Å². The summed E-state index contributed by atoms with van der Waals surface area (Å²) in [6, 6.07) is 14.4. The van der Waals surface area contributed by atoms with Gasteiger partial charge in [-0.25, -0.2) is 4.79 Å². The van der Waals surface area contributed by atoms with Gasteiger partial charge in [-0.1, -0.05) is 31.5 Å². The minimum Gasteiger partial charge on any atom is -0.497 e. The molecule has 138 valence electrons. The van der Waals surface area contributed by atoms with Crippen LogP contribution >= 0.6 is 0 Å². The van der Waals surface area contributed by atoms with Crippen LogP contribution in [-0.2, 0) is 16.0 Å². The molecule has 0 aromatic heterocycles. The van der Waals surface area contributed by atoms with Gasteiger partial charge in [-0.2, -0.15) is 0 Å². The maximum atomic E-state index is 12.1. The lowest BCUT2D eigenvalue weighted by molar-refractivity contribution is -0.116. The SMILES string of the molecule is CCCCOC(=O)c1cccc(NC(=O)CCc2ccc(OC)cc2)c1. The normalized spacial score (nSPS) is 10.2. The van der Waals surface area contributed by atoms with Gasteiger partial charge in [0.05, 0.1) is 19.3 Å². The van der Waals surface area contributed by atoms with Crippen molar-refractivity contribution in [2.45, 2.75) is 32.6 Å². The van der Waals surface area contributed by atoms with Gasteiger partial charge < -0.3 is 14.8 Å². The number of aryl methyl sites for hydroxylation is 1. The minimum atomic E-state index is -0.368. The van der Waals surface area contributed by atoms with Crippen molar-refractivity contribution in [1.82, 2.24) is 0 Å². The number of methoxy groups -OCH3 is 1. The summed E-state index contributed by atoms with van der Waals surface area (Å²) in [5, 5.41) is 2.83. The fourth-order valence-electron chi connectivity index (χ4n) is 2.39. The molecule has 5 nitrogen and oxygen atoms in total. The summed E-state index contributed by atoms with van der Waals surface area (Å²) < 4.78 is 10.3. The van der Waals surface area contributed by atoms with Crippen LogP contribution in [0.25, 0.3) is 0 Å². The number of nitrogens with one attached hydrogen (secondary N) is 1. The molecule has 0 fully saturated rings. The maximum absolute atomic E-state index is 12.1. The summed E-state index contributed by atoms with van der Waals surface area (Å²) in [5.74, 6) is 0.325. The van der Waals surface area contributed by atoms with Crippen molar-refractivity contribution >= 4 is 17.6 Å². The van der Waals surface area contributed by atoms with E-state index in [9.17, 15) is 9.59 Å². The molecule has 0 aliphatic heterocycles. The summed E-state index contributed by atoms with van der Waals surface area (Å²) >= 11 is 0. The summed E-state index contributed by atoms with van der Waals surface area (Å²) in [7, 11) is 1.62. The van der Waals surface area contributed by atoms with Crippen LogP contribution in [0, 0.1) is 0 Å². The fraction of sp³-hybridized carbons (Fsp3) is 0.333. The van der Waals surface area contributed by atoms with Crippen LogP contribution in [-0.4, -0.2) is 25.6 Å². The van der Waals surface area contributed by atoms with Gasteiger partial charge in [-0.05, 0) is 48.7 Å². The lowest BCUT2D eigenvalue weighted by Crippen LogP contribution is -2.13. The fourth-order valence-corrected chi connectivity index (χ4v) is 2.39. The Morgan fingerprint density at radius 1 is 1.08 bits per heavy atom. The van der Waals surface area contributed by atoms with Crippen molar-refractivity contribution in [1.29, 1.82) is 0 Å². The third-order valence-electron chi connectivity index (χ3n) is 3.91. The van der Waals surface area contributed by atoms with E-state index in [2.05, 4.69) is 5.32 Å². The Hall–Kier alpha value is -2.82. The molecule has 0 saturated heterocycles. The molecule has 0 aliphatic carbocycles. The molecule has 26 heavy (non-hydrogen) atoms. The molecule has 2 aromatic rings. The largest absolute Gasteiger partial charge is 0.497 e. The van der Waals surface area contributed by atoms with Crippen LogP contribution in [0.5, 0.6) is 5.75 Å². The highest BCUT2D eigenvalue weighted by Crippen LogP contribution is 2.15. The van der Waals surface area contributed by atoms with Gasteiger partial charge in [0.1, 0.15) is 5.75 Å². The number of anilines is 1. The van der Waals surface area contributed by atoms with E-state index in [0.29, 0.717) is 30.7 Å². The number of rotatable bonds is 9. The summed E-state index contributed by atoms with van der Waals surface area (Å²) in [6.07, 6.45) is 2.80. The molecule has 0 bridgehead atoms. The second-order valence-electron chi connectivity index (χ2n) is 5.97. The number of ether oxygens (including phenoxy) is 2. The van der Waals surface area contributed by atoms with Gasteiger partial charge in [0.15, 0.2) is 0 Å². The monoisotopic (exact) mass is 355 g/mol. The van der Waals surface area contributed by atoms with Crippen molar-refractivity contribution in [2.24, 2.45) is 0 Å². The highest BCUT2D eigenvalue weighted by molar-refractivity contribution is 5.94. The molecule has 0 radical (unpaired) electrons. The number of carbonyl (C=O) groups excluding carboxylic acids is 2. The molecule has 0 unspecified atom stereocenters. The Balaban J connectivity index is 1.86. The van der Waals surface area contributed by atoms with Crippen LogP contribution in [0.4, 0.5) is 5.69 Å². The van der Waals surface area contributed by atoms with Crippen LogP contribution in [0.2, 0.25) is 0 Å². The van der Waals surface area contributed by atoms with Gasteiger partial charge in [-0.3, -0.25) is 4.79 Å². The van der Waals surface area contributed by atoms with E-state index in [1.807, 2.05) is 31.2 Å². The Kier molecular flexibility index (Phi) is 7.68. The first-order valence-electron chi connectivity index (χ1n) is 8.82. The second-order valence-corrected chi connectivity index (χ2v) is 5.97. The van der Waals surface area contributed by atoms with E-state index < -0.39 is 0 Å². The molecule has 0 atom stereocenters. The Bertz CT molecular complexity index is 725. The number of hydrogen-bond donors (Lipinski definition) is 1. The smallest absolute Gasteiger partial charge is 0.338 e. The van der Waals surface area contributed by atoms with Gasteiger partial charge in [0.2, 0.25) is 5.91 Å². The highest BCUT2D eigenvalue weighted by atomic mass is 16.5. The highest BCUT2D eigenvalue weighted by Gasteiger charge is 2.09. The molecule has 0 heterocycles. The van der Waals surface area contributed by atoms with E-state index in [4.69, 9.17) is 9.47 Å². The number of amides is 1. The number of unbranched alkanes of at least 4 members (excludes halogenated alkanes) is 1. The van der Waals surface area contributed by atoms with Crippen molar-refractivity contribution < 1.29 is 19.1 Å². The van der Waals surface area contributed by atoms with Crippen molar-refractivity contribution in [3.63, 3.8) is 0 Å². The lowest BCUT2D eigenvalue weighted by Gasteiger charge is -2.08.